The van der Waals surface area contributed by atoms with Crippen LogP contribution in [-0.2, 0) is 9.53 Å². The van der Waals surface area contributed by atoms with E-state index in [4.69, 9.17) is 15.2 Å². The summed E-state index contributed by atoms with van der Waals surface area (Å²) < 4.78 is 10.0. The number of nitrogens with zero attached hydrogens (tertiary/aromatic N) is 2. The third-order valence-electron chi connectivity index (χ3n) is 3.54. The average molecular weight is 390 g/mol. The van der Waals surface area contributed by atoms with Crippen molar-refractivity contribution < 1.29 is 19.1 Å². The summed E-state index contributed by atoms with van der Waals surface area (Å²) in [6.45, 7) is 3.82. The Morgan fingerprint density at radius 1 is 1.33 bits per heavy atom. The number of carbonyl (C=O) groups excluding carboxylic acids is 2. The quantitative estimate of drug-likeness (QED) is 0.401. The van der Waals surface area contributed by atoms with Crippen molar-refractivity contribution >= 4 is 35.1 Å². The lowest BCUT2D eigenvalue weighted by molar-refractivity contribution is -0.115. The number of nitrogens with one attached hydrogen (secondary N) is 1. The number of anilines is 2. The number of esters is 1. The van der Waals surface area contributed by atoms with E-state index in [0.717, 1.165) is 0 Å². The van der Waals surface area contributed by atoms with Gasteiger partial charge in [0.25, 0.3) is 0 Å². The second kappa shape index (κ2) is 9.77. The number of nitrogens with two attached hydrogens (primary N) is 1. The molecular weight excluding hydrogens is 368 g/mol. The van der Waals surface area contributed by atoms with Crippen LogP contribution < -0.4 is 15.8 Å². The molecule has 144 valence electrons. The van der Waals surface area contributed by atoms with Crippen molar-refractivity contribution in [1.29, 1.82) is 0 Å². The molecule has 9 heteroatoms. The predicted octanol–water partition coefficient (Wildman–Crippen LogP) is 2.75. The molecule has 2 aromatic rings. The summed E-state index contributed by atoms with van der Waals surface area (Å²) in [6, 6.07) is 7.10. The lowest BCUT2D eigenvalue weighted by atomic mass is 10.2. The molecule has 27 heavy (non-hydrogen) atoms. The molecule has 1 aromatic heterocycles. The highest BCUT2D eigenvalue weighted by Gasteiger charge is 2.21. The van der Waals surface area contributed by atoms with Crippen LogP contribution in [0.3, 0.4) is 0 Å². The summed E-state index contributed by atoms with van der Waals surface area (Å²) in [4.78, 5) is 32.5. The molecule has 2 rings (SSSR count). The molecule has 0 saturated heterocycles. The number of nitrogen functional groups attached to an aromatic ring is 1. The molecule has 0 fully saturated rings. The van der Waals surface area contributed by atoms with Crippen molar-refractivity contribution in [2.75, 3.05) is 24.8 Å². The van der Waals surface area contributed by atoms with Gasteiger partial charge in [-0.1, -0.05) is 24.8 Å². The van der Waals surface area contributed by atoms with Crippen LogP contribution in [0, 0.1) is 0 Å². The summed E-state index contributed by atoms with van der Waals surface area (Å²) in [5.74, 6) is -0.0880. The molecule has 3 N–H and O–H groups in total. The van der Waals surface area contributed by atoms with Crippen LogP contribution in [0.2, 0.25) is 0 Å². The molecule has 1 amide bonds. The first-order valence-corrected chi connectivity index (χ1v) is 9.27. The van der Waals surface area contributed by atoms with Gasteiger partial charge in [0.05, 0.1) is 19.0 Å². The number of rotatable bonds is 8. The maximum absolute atomic E-state index is 12.6. The Kier molecular flexibility index (Phi) is 7.42. The van der Waals surface area contributed by atoms with Gasteiger partial charge in [0.1, 0.15) is 17.1 Å². The number of carbonyl (C=O) groups is 2. The summed E-state index contributed by atoms with van der Waals surface area (Å²) in [6.07, 6.45) is 1.87. The topological polar surface area (TPSA) is 116 Å². The van der Waals surface area contributed by atoms with Gasteiger partial charge >= 0.3 is 5.97 Å². The van der Waals surface area contributed by atoms with Gasteiger partial charge in [0, 0.05) is 18.0 Å². The van der Waals surface area contributed by atoms with E-state index in [1.54, 1.807) is 38.3 Å². The summed E-state index contributed by atoms with van der Waals surface area (Å²) in [5.41, 5.74) is 6.56. The minimum atomic E-state index is -0.575. The molecule has 0 aliphatic rings. The standard InChI is InChI=1S/C18H22N4O4S/c1-4-14(16(23)21-11-7-6-8-12(9-11)25-3)27-18-20-10-13(15(19)22-18)17(24)26-5-2/h6-10,14H,4-5H2,1-3H3,(H,21,23)(H2,19,20,22)/t14-/m1/s1. The number of hydrogen-bond donors (Lipinski definition) is 2. The van der Waals surface area contributed by atoms with Crippen molar-refractivity contribution in [3.63, 3.8) is 0 Å². The van der Waals surface area contributed by atoms with Crippen LogP contribution in [-0.4, -0.2) is 40.8 Å². The Morgan fingerprint density at radius 2 is 2.11 bits per heavy atom. The minimum absolute atomic E-state index is 0.0222. The lowest BCUT2D eigenvalue weighted by Crippen LogP contribution is -2.25. The fraction of sp³-hybridized carbons (Fsp3) is 0.333. The third kappa shape index (κ3) is 5.58. The van der Waals surface area contributed by atoms with Crippen LogP contribution in [0.1, 0.15) is 30.6 Å². The maximum Gasteiger partial charge on any atom is 0.343 e. The first kappa shape index (κ1) is 20.5. The van der Waals surface area contributed by atoms with Gasteiger partial charge in [-0.3, -0.25) is 4.79 Å². The Balaban J connectivity index is 2.08. The zero-order valence-corrected chi connectivity index (χ0v) is 16.2. The van der Waals surface area contributed by atoms with Crippen LogP contribution in [0.4, 0.5) is 11.5 Å². The van der Waals surface area contributed by atoms with Crippen LogP contribution in [0.5, 0.6) is 5.75 Å². The summed E-state index contributed by atoms with van der Waals surface area (Å²) in [7, 11) is 1.56. The summed E-state index contributed by atoms with van der Waals surface area (Å²) in [5, 5.41) is 2.73. The lowest BCUT2D eigenvalue weighted by Gasteiger charge is -2.14. The highest BCUT2D eigenvalue weighted by atomic mass is 32.2. The number of aromatic nitrogens is 2. The first-order valence-electron chi connectivity index (χ1n) is 8.39. The molecule has 0 saturated carbocycles. The van der Waals surface area contributed by atoms with Crippen LogP contribution >= 0.6 is 11.8 Å². The molecular formula is C18H22N4O4S. The molecule has 0 bridgehead atoms. The molecule has 1 aromatic carbocycles. The molecule has 1 heterocycles. The van der Waals surface area contributed by atoms with Gasteiger partial charge in [0.2, 0.25) is 5.91 Å². The number of amides is 1. The molecule has 0 aliphatic carbocycles. The van der Waals surface area contributed by atoms with E-state index < -0.39 is 11.2 Å². The second-order valence-corrected chi connectivity index (χ2v) is 6.58. The number of hydrogen-bond acceptors (Lipinski definition) is 8. The van der Waals surface area contributed by atoms with E-state index >= 15 is 0 Å². The number of benzene rings is 1. The van der Waals surface area contributed by atoms with Crippen molar-refractivity contribution in [2.24, 2.45) is 0 Å². The van der Waals surface area contributed by atoms with Crippen molar-refractivity contribution in [3.8, 4) is 5.75 Å². The highest BCUT2D eigenvalue weighted by Crippen LogP contribution is 2.25. The Labute approximate surface area is 161 Å². The monoisotopic (exact) mass is 390 g/mol. The molecule has 0 radical (unpaired) electrons. The Bertz CT molecular complexity index is 816. The first-order chi connectivity index (χ1) is 13.0. The molecule has 8 nitrogen and oxygen atoms in total. The molecule has 0 spiro atoms. The normalized spacial score (nSPS) is 11.5. The van der Waals surface area contributed by atoms with Gasteiger partial charge < -0.3 is 20.5 Å². The van der Waals surface area contributed by atoms with Gasteiger partial charge in [-0.25, -0.2) is 14.8 Å². The Morgan fingerprint density at radius 3 is 2.74 bits per heavy atom. The van der Waals surface area contributed by atoms with Crippen LogP contribution in [0.15, 0.2) is 35.6 Å². The minimum Gasteiger partial charge on any atom is -0.497 e. The number of thioether (sulfide) groups is 1. The highest BCUT2D eigenvalue weighted by molar-refractivity contribution is 8.00. The van der Waals surface area contributed by atoms with E-state index in [0.29, 0.717) is 23.0 Å². The van der Waals surface area contributed by atoms with E-state index in [1.165, 1.54) is 18.0 Å². The number of ether oxygens (including phenoxy) is 2. The fourth-order valence-corrected chi connectivity index (χ4v) is 3.03. The van der Waals surface area contributed by atoms with E-state index in [-0.39, 0.29) is 23.9 Å². The van der Waals surface area contributed by atoms with Gasteiger partial charge in [0.15, 0.2) is 5.16 Å². The SMILES string of the molecule is CCOC(=O)c1cnc(S[C@H](CC)C(=O)Nc2cccc(OC)c2)nc1N. The zero-order valence-electron chi connectivity index (χ0n) is 15.4. The van der Waals surface area contributed by atoms with Crippen molar-refractivity contribution in [2.45, 2.75) is 30.7 Å². The average Bonchev–Trinajstić information content (AvgIpc) is 2.66. The van der Waals surface area contributed by atoms with E-state index in [1.807, 2.05) is 6.92 Å². The van der Waals surface area contributed by atoms with Gasteiger partial charge in [-0.2, -0.15) is 0 Å². The maximum atomic E-state index is 12.6. The van der Waals surface area contributed by atoms with Gasteiger partial charge in [-0.05, 0) is 25.5 Å². The van der Waals surface area contributed by atoms with E-state index in [2.05, 4.69) is 15.3 Å². The Hall–Kier alpha value is -2.81. The van der Waals surface area contributed by atoms with Crippen molar-refractivity contribution in [3.05, 3.63) is 36.0 Å². The zero-order chi connectivity index (χ0) is 19.8. The fourth-order valence-electron chi connectivity index (χ4n) is 2.17. The van der Waals surface area contributed by atoms with E-state index in [9.17, 15) is 9.59 Å². The second-order valence-electron chi connectivity index (χ2n) is 5.41. The molecule has 0 unspecified atom stereocenters. The predicted molar refractivity (Wildman–Crippen MR) is 104 cm³/mol. The van der Waals surface area contributed by atoms with Crippen LogP contribution in [0.25, 0.3) is 0 Å². The summed E-state index contributed by atoms with van der Waals surface area (Å²) >= 11 is 1.18. The largest absolute Gasteiger partial charge is 0.497 e. The molecule has 0 aliphatic heterocycles. The number of methoxy groups -OCH3 is 1. The smallest absolute Gasteiger partial charge is 0.343 e. The van der Waals surface area contributed by atoms with Gasteiger partial charge in [-0.15, -0.1) is 0 Å². The molecule has 1 atom stereocenters. The third-order valence-corrected chi connectivity index (χ3v) is 4.78. The van der Waals surface area contributed by atoms with Crippen molar-refractivity contribution in [1.82, 2.24) is 9.97 Å².